The summed E-state index contributed by atoms with van der Waals surface area (Å²) in [6.07, 6.45) is 5.53. The van der Waals surface area contributed by atoms with Crippen molar-refractivity contribution in [1.29, 1.82) is 0 Å². The Bertz CT molecular complexity index is 862. The van der Waals surface area contributed by atoms with Crippen molar-refractivity contribution in [3.63, 3.8) is 0 Å². The normalized spacial score (nSPS) is 22.0. The van der Waals surface area contributed by atoms with Gasteiger partial charge in [-0.15, -0.1) is 0 Å². The number of hydrogen-bond acceptors (Lipinski definition) is 6. The molecule has 0 bridgehead atoms. The highest BCUT2D eigenvalue weighted by Gasteiger charge is 2.30. The van der Waals surface area contributed by atoms with Crippen molar-refractivity contribution in [3.8, 4) is 5.75 Å². The lowest BCUT2D eigenvalue weighted by molar-refractivity contribution is 0.229. The SMILES string of the molecule is Cc1cc(C2CCC2)cc2c1O[C@H](C)c1c(ncnc1N1CCSCC1)N2. The number of ether oxygens (including phenoxy) is 1. The number of benzene rings is 1. The summed E-state index contributed by atoms with van der Waals surface area (Å²) in [5.74, 6) is 5.84. The Morgan fingerprint density at radius 2 is 2.00 bits per heavy atom. The predicted molar refractivity (Wildman–Crippen MR) is 112 cm³/mol. The van der Waals surface area contributed by atoms with E-state index in [0.29, 0.717) is 5.92 Å². The Morgan fingerprint density at radius 3 is 2.74 bits per heavy atom. The highest BCUT2D eigenvalue weighted by molar-refractivity contribution is 7.99. The second kappa shape index (κ2) is 6.89. The van der Waals surface area contributed by atoms with Crippen LogP contribution in [-0.2, 0) is 0 Å². The first-order chi connectivity index (χ1) is 13.2. The molecule has 1 N–H and O–H groups in total. The van der Waals surface area contributed by atoms with Crippen LogP contribution in [0.15, 0.2) is 18.5 Å². The van der Waals surface area contributed by atoms with E-state index in [1.165, 1.54) is 30.4 Å². The molecule has 1 aromatic carbocycles. The average molecular weight is 383 g/mol. The molecule has 0 radical (unpaired) electrons. The Morgan fingerprint density at radius 1 is 1.19 bits per heavy atom. The van der Waals surface area contributed by atoms with E-state index >= 15 is 0 Å². The topological polar surface area (TPSA) is 50.3 Å². The van der Waals surface area contributed by atoms with Crippen LogP contribution in [0.4, 0.5) is 17.3 Å². The molecule has 5 nitrogen and oxygen atoms in total. The highest BCUT2D eigenvalue weighted by Crippen LogP contribution is 2.46. The van der Waals surface area contributed by atoms with Gasteiger partial charge in [0, 0.05) is 24.6 Å². The van der Waals surface area contributed by atoms with E-state index in [1.807, 2.05) is 11.8 Å². The van der Waals surface area contributed by atoms with Crippen molar-refractivity contribution >= 4 is 29.1 Å². The summed E-state index contributed by atoms with van der Waals surface area (Å²) in [5, 5.41) is 3.59. The molecule has 2 aliphatic heterocycles. The summed E-state index contributed by atoms with van der Waals surface area (Å²) in [5.41, 5.74) is 4.74. The van der Waals surface area contributed by atoms with Crippen LogP contribution in [0.5, 0.6) is 5.75 Å². The summed E-state index contributed by atoms with van der Waals surface area (Å²) >= 11 is 2.01. The molecule has 142 valence electrons. The Kier molecular flexibility index (Phi) is 4.38. The molecule has 1 saturated carbocycles. The summed E-state index contributed by atoms with van der Waals surface area (Å²) in [6.45, 7) is 6.32. The molecule has 5 rings (SSSR count). The lowest BCUT2D eigenvalue weighted by atomic mass is 9.79. The first-order valence-electron chi connectivity index (χ1n) is 9.96. The van der Waals surface area contributed by atoms with Gasteiger partial charge in [0.15, 0.2) is 0 Å². The quantitative estimate of drug-likeness (QED) is 0.805. The van der Waals surface area contributed by atoms with Crippen molar-refractivity contribution in [3.05, 3.63) is 35.2 Å². The molecular formula is C21H26N4OS. The number of aryl methyl sites for hydroxylation is 1. The fourth-order valence-corrected chi connectivity index (χ4v) is 5.18. The van der Waals surface area contributed by atoms with Crippen LogP contribution >= 0.6 is 11.8 Å². The van der Waals surface area contributed by atoms with Gasteiger partial charge in [-0.25, -0.2) is 9.97 Å². The van der Waals surface area contributed by atoms with E-state index in [2.05, 4.69) is 46.2 Å². The summed E-state index contributed by atoms with van der Waals surface area (Å²) in [6, 6.07) is 4.58. The van der Waals surface area contributed by atoms with E-state index in [4.69, 9.17) is 4.74 Å². The molecule has 2 fully saturated rings. The van der Waals surface area contributed by atoms with E-state index in [1.54, 1.807) is 6.33 Å². The number of rotatable bonds is 2. The van der Waals surface area contributed by atoms with E-state index < -0.39 is 0 Å². The highest BCUT2D eigenvalue weighted by atomic mass is 32.2. The molecule has 1 aliphatic carbocycles. The zero-order chi connectivity index (χ0) is 18.4. The predicted octanol–water partition coefficient (Wildman–Crippen LogP) is 4.80. The van der Waals surface area contributed by atoms with Gasteiger partial charge >= 0.3 is 0 Å². The Balaban J connectivity index is 1.56. The molecule has 3 aliphatic rings. The molecular weight excluding hydrogens is 356 g/mol. The van der Waals surface area contributed by atoms with E-state index in [0.717, 1.165) is 53.2 Å². The molecule has 2 aromatic rings. The Hall–Kier alpha value is -1.95. The molecule has 1 aromatic heterocycles. The van der Waals surface area contributed by atoms with Gasteiger partial charge in [-0.3, -0.25) is 0 Å². The van der Waals surface area contributed by atoms with Gasteiger partial charge in [0.1, 0.15) is 29.8 Å². The standard InChI is InChI=1S/C21H26N4OS/c1-13-10-16(15-4-3-5-15)11-17-19(13)26-14(2)18-20(24-17)22-12-23-21(18)25-6-8-27-9-7-25/h10-12,14-15H,3-9H2,1-2H3,(H,22,23,24)/t14-/m1/s1. The number of aromatic nitrogens is 2. The second-order valence-corrected chi connectivity index (χ2v) is 9.01. The fraction of sp³-hybridized carbons (Fsp3) is 0.524. The summed E-state index contributed by atoms with van der Waals surface area (Å²) in [7, 11) is 0. The molecule has 1 saturated heterocycles. The zero-order valence-electron chi connectivity index (χ0n) is 16.0. The third-order valence-electron chi connectivity index (χ3n) is 6.00. The first-order valence-corrected chi connectivity index (χ1v) is 11.1. The van der Waals surface area contributed by atoms with Gasteiger partial charge in [-0.2, -0.15) is 11.8 Å². The van der Waals surface area contributed by atoms with Crippen LogP contribution in [-0.4, -0.2) is 34.6 Å². The average Bonchev–Trinajstić information content (AvgIpc) is 2.77. The van der Waals surface area contributed by atoms with Gasteiger partial charge in [-0.1, -0.05) is 12.5 Å². The molecule has 0 unspecified atom stereocenters. The smallest absolute Gasteiger partial charge is 0.146 e. The van der Waals surface area contributed by atoms with Gasteiger partial charge in [-0.05, 0) is 49.8 Å². The molecule has 0 amide bonds. The molecule has 1 atom stereocenters. The third kappa shape index (κ3) is 3.04. The van der Waals surface area contributed by atoms with Gasteiger partial charge < -0.3 is 15.0 Å². The third-order valence-corrected chi connectivity index (χ3v) is 6.94. The number of nitrogens with zero attached hydrogens (tertiary/aromatic N) is 3. The van der Waals surface area contributed by atoms with Crippen molar-refractivity contribution < 1.29 is 4.74 Å². The van der Waals surface area contributed by atoms with Crippen LogP contribution in [0.1, 0.15) is 54.9 Å². The fourth-order valence-electron chi connectivity index (χ4n) is 4.28. The van der Waals surface area contributed by atoms with Crippen LogP contribution in [0.25, 0.3) is 0 Å². The van der Waals surface area contributed by atoms with E-state index in [9.17, 15) is 0 Å². The largest absolute Gasteiger partial charge is 0.483 e. The molecule has 6 heteroatoms. The number of nitrogens with one attached hydrogen (secondary N) is 1. The minimum absolute atomic E-state index is 0.0900. The van der Waals surface area contributed by atoms with E-state index in [-0.39, 0.29) is 6.10 Å². The maximum absolute atomic E-state index is 6.46. The maximum atomic E-state index is 6.46. The van der Waals surface area contributed by atoms with Gasteiger partial charge in [0.05, 0.1) is 11.3 Å². The summed E-state index contributed by atoms with van der Waals surface area (Å²) < 4.78 is 6.46. The molecule has 0 spiro atoms. The van der Waals surface area contributed by atoms with Gasteiger partial charge in [0.25, 0.3) is 0 Å². The van der Waals surface area contributed by atoms with Crippen LogP contribution in [0.3, 0.4) is 0 Å². The Labute approximate surface area is 164 Å². The lowest BCUT2D eigenvalue weighted by Crippen LogP contribution is -2.34. The lowest BCUT2D eigenvalue weighted by Gasteiger charge is -2.30. The van der Waals surface area contributed by atoms with Crippen LogP contribution < -0.4 is 15.0 Å². The minimum Gasteiger partial charge on any atom is -0.483 e. The summed E-state index contributed by atoms with van der Waals surface area (Å²) in [4.78, 5) is 11.6. The minimum atomic E-state index is -0.0900. The molecule has 3 heterocycles. The number of hydrogen-bond donors (Lipinski definition) is 1. The van der Waals surface area contributed by atoms with Crippen molar-refractivity contribution in [1.82, 2.24) is 9.97 Å². The zero-order valence-corrected chi connectivity index (χ0v) is 16.8. The van der Waals surface area contributed by atoms with Gasteiger partial charge in [0.2, 0.25) is 0 Å². The van der Waals surface area contributed by atoms with Crippen molar-refractivity contribution in [2.24, 2.45) is 0 Å². The van der Waals surface area contributed by atoms with Crippen molar-refractivity contribution in [2.45, 2.75) is 45.1 Å². The number of fused-ring (bicyclic) bond motifs is 2. The first kappa shape index (κ1) is 17.2. The number of anilines is 3. The second-order valence-electron chi connectivity index (χ2n) is 7.79. The van der Waals surface area contributed by atoms with Crippen LogP contribution in [0, 0.1) is 6.92 Å². The van der Waals surface area contributed by atoms with Crippen LogP contribution in [0.2, 0.25) is 0 Å². The monoisotopic (exact) mass is 382 g/mol. The van der Waals surface area contributed by atoms with Crippen molar-refractivity contribution in [2.75, 3.05) is 34.8 Å². The number of thioether (sulfide) groups is 1. The maximum Gasteiger partial charge on any atom is 0.146 e. The molecule has 27 heavy (non-hydrogen) atoms.